The number of phenols is 1. The fraction of sp³-hybridized carbons (Fsp3) is 0. The molecule has 0 aliphatic carbocycles. The van der Waals surface area contributed by atoms with E-state index in [2.05, 4.69) is 36.4 Å². The Balaban J connectivity index is 2.07. The average Bonchev–Trinajstić information content (AvgIpc) is 3.34. The molecule has 0 saturated heterocycles. The average molecular weight is 282 g/mol. The Hall–Kier alpha value is -3.00. The van der Waals surface area contributed by atoms with E-state index in [1.165, 1.54) is 32.3 Å². The first-order chi connectivity index (χ1) is 10.8. The van der Waals surface area contributed by atoms with E-state index in [0.717, 1.165) is 21.9 Å². The van der Waals surface area contributed by atoms with Crippen LogP contribution in [0.25, 0.3) is 54.3 Å². The van der Waals surface area contributed by atoms with Crippen molar-refractivity contribution in [1.29, 1.82) is 0 Å². The third kappa shape index (κ3) is 1.10. The van der Waals surface area contributed by atoms with E-state index in [-0.39, 0.29) is 0 Å². The van der Waals surface area contributed by atoms with Crippen LogP contribution in [-0.2, 0) is 0 Å². The highest BCUT2D eigenvalue weighted by Gasteiger charge is 2.21. The van der Waals surface area contributed by atoms with E-state index < -0.39 is 0 Å². The van der Waals surface area contributed by atoms with Crippen molar-refractivity contribution < 1.29 is 9.52 Å². The summed E-state index contributed by atoms with van der Waals surface area (Å²) in [6, 6.07) is 18.4. The lowest BCUT2D eigenvalue weighted by atomic mass is 9.91. The van der Waals surface area contributed by atoms with Crippen molar-refractivity contribution >= 4 is 54.3 Å². The SMILES string of the molecule is Oc1ccc2cc3c4oc4c4cccc5ccc(c2c1)c3c54. The molecular formula is C20H10O2. The van der Waals surface area contributed by atoms with Gasteiger partial charge in [-0.25, -0.2) is 0 Å². The maximum atomic E-state index is 9.87. The largest absolute Gasteiger partial charge is 0.508 e. The molecule has 22 heavy (non-hydrogen) atoms. The van der Waals surface area contributed by atoms with Gasteiger partial charge >= 0.3 is 0 Å². The van der Waals surface area contributed by atoms with Gasteiger partial charge in [0, 0.05) is 21.5 Å². The zero-order chi connectivity index (χ0) is 14.4. The molecule has 5 aromatic carbocycles. The number of hydrogen-bond acceptors (Lipinski definition) is 2. The third-order valence-corrected chi connectivity index (χ3v) is 4.80. The summed E-state index contributed by atoms with van der Waals surface area (Å²) in [6.07, 6.45) is 0. The fourth-order valence-corrected chi connectivity index (χ4v) is 3.81. The van der Waals surface area contributed by atoms with Crippen LogP contribution in [-0.4, -0.2) is 5.11 Å². The van der Waals surface area contributed by atoms with Gasteiger partial charge in [0.25, 0.3) is 0 Å². The molecule has 1 heterocycles. The molecule has 1 aromatic heterocycles. The summed E-state index contributed by atoms with van der Waals surface area (Å²) in [6.45, 7) is 0. The second kappa shape index (κ2) is 3.25. The number of fused-ring (bicyclic) bond motifs is 5. The van der Waals surface area contributed by atoms with Gasteiger partial charge in [-0.2, -0.15) is 0 Å². The molecule has 2 nitrogen and oxygen atoms in total. The van der Waals surface area contributed by atoms with Crippen molar-refractivity contribution in [3.8, 4) is 5.75 Å². The summed E-state index contributed by atoms with van der Waals surface area (Å²) < 4.78 is 5.80. The zero-order valence-corrected chi connectivity index (χ0v) is 11.6. The summed E-state index contributed by atoms with van der Waals surface area (Å²) in [5.74, 6) is 0.301. The summed E-state index contributed by atoms with van der Waals surface area (Å²) in [5.41, 5.74) is 2.02. The van der Waals surface area contributed by atoms with E-state index >= 15 is 0 Å². The smallest absolute Gasteiger partial charge is 0.178 e. The minimum absolute atomic E-state index is 0.301. The lowest BCUT2D eigenvalue weighted by Gasteiger charge is -2.11. The van der Waals surface area contributed by atoms with Crippen LogP contribution >= 0.6 is 0 Å². The Morgan fingerprint density at radius 3 is 2.45 bits per heavy atom. The highest BCUT2D eigenvalue weighted by molar-refractivity contribution is 6.37. The Bertz CT molecular complexity index is 1320. The predicted octanol–water partition coefficient (Wildman–Crippen LogP) is 5.63. The van der Waals surface area contributed by atoms with Crippen LogP contribution in [0.3, 0.4) is 0 Å². The summed E-state index contributed by atoms with van der Waals surface area (Å²) in [7, 11) is 0. The Morgan fingerprint density at radius 1 is 0.636 bits per heavy atom. The van der Waals surface area contributed by atoms with E-state index in [9.17, 15) is 5.11 Å². The predicted molar refractivity (Wildman–Crippen MR) is 90.3 cm³/mol. The summed E-state index contributed by atoms with van der Waals surface area (Å²) in [5, 5.41) is 19.3. The first kappa shape index (κ1) is 10.7. The van der Waals surface area contributed by atoms with Crippen molar-refractivity contribution in [3.05, 3.63) is 54.6 Å². The number of benzene rings is 5. The van der Waals surface area contributed by atoms with Crippen LogP contribution in [0.4, 0.5) is 0 Å². The maximum absolute atomic E-state index is 9.87. The molecule has 0 amide bonds. The molecule has 6 rings (SSSR count). The van der Waals surface area contributed by atoms with Gasteiger partial charge in [-0.1, -0.05) is 36.4 Å². The second-order valence-corrected chi connectivity index (χ2v) is 5.98. The van der Waals surface area contributed by atoms with E-state index in [4.69, 9.17) is 4.42 Å². The normalized spacial score (nSPS) is 12.7. The van der Waals surface area contributed by atoms with Crippen LogP contribution < -0.4 is 0 Å². The van der Waals surface area contributed by atoms with Crippen LogP contribution in [0.15, 0.2) is 59.0 Å². The third-order valence-electron chi connectivity index (χ3n) is 4.80. The van der Waals surface area contributed by atoms with E-state index in [1.54, 1.807) is 6.07 Å². The number of hydrogen-bond donors (Lipinski definition) is 1. The highest BCUT2D eigenvalue weighted by atomic mass is 16.4. The van der Waals surface area contributed by atoms with Gasteiger partial charge in [0.2, 0.25) is 0 Å². The van der Waals surface area contributed by atoms with Gasteiger partial charge in [-0.15, -0.1) is 0 Å². The van der Waals surface area contributed by atoms with Gasteiger partial charge in [0.05, 0.1) is 0 Å². The van der Waals surface area contributed by atoms with Gasteiger partial charge in [-0.05, 0) is 39.7 Å². The maximum Gasteiger partial charge on any atom is 0.178 e. The highest BCUT2D eigenvalue weighted by Crippen LogP contribution is 2.47. The molecule has 1 N–H and O–H groups in total. The van der Waals surface area contributed by atoms with Crippen molar-refractivity contribution in [2.45, 2.75) is 0 Å². The second-order valence-electron chi connectivity index (χ2n) is 5.98. The molecule has 0 aliphatic rings. The molecule has 0 atom stereocenters. The first-order valence-electron chi connectivity index (χ1n) is 7.35. The molecule has 0 radical (unpaired) electrons. The topological polar surface area (TPSA) is 33.4 Å². The van der Waals surface area contributed by atoms with Crippen molar-refractivity contribution in [2.24, 2.45) is 0 Å². The minimum Gasteiger partial charge on any atom is -0.508 e. The van der Waals surface area contributed by atoms with Crippen LogP contribution in [0.1, 0.15) is 0 Å². The Labute approximate surface area is 124 Å². The summed E-state index contributed by atoms with van der Waals surface area (Å²) >= 11 is 0. The van der Waals surface area contributed by atoms with Gasteiger partial charge in [0.1, 0.15) is 5.75 Å². The molecule has 0 fully saturated rings. The monoisotopic (exact) mass is 282 g/mol. The fourth-order valence-electron chi connectivity index (χ4n) is 3.81. The van der Waals surface area contributed by atoms with Crippen LogP contribution in [0, 0.1) is 0 Å². The summed E-state index contributed by atoms with van der Waals surface area (Å²) in [4.78, 5) is 0. The molecular weight excluding hydrogens is 272 g/mol. The van der Waals surface area contributed by atoms with E-state index in [0.29, 0.717) is 5.75 Å². The Kier molecular flexibility index (Phi) is 1.58. The Morgan fingerprint density at radius 2 is 1.50 bits per heavy atom. The first-order valence-corrected chi connectivity index (χ1v) is 7.35. The van der Waals surface area contributed by atoms with Gasteiger partial charge in [-0.3, -0.25) is 0 Å². The molecule has 0 bridgehead atoms. The molecule has 0 saturated carbocycles. The van der Waals surface area contributed by atoms with Crippen molar-refractivity contribution in [3.63, 3.8) is 0 Å². The van der Waals surface area contributed by atoms with Crippen LogP contribution in [0.5, 0.6) is 5.75 Å². The lowest BCUT2D eigenvalue weighted by Crippen LogP contribution is -1.84. The molecule has 6 aromatic rings. The molecule has 0 spiro atoms. The van der Waals surface area contributed by atoms with Crippen LogP contribution in [0.2, 0.25) is 0 Å². The standard InChI is InChI=1S/C20H10O2/c21-12-6-4-11-8-16-18-13(15(11)9-12)7-5-10-2-1-3-14(17(10)18)19-20(16)22-19/h1-9,21H. The molecule has 0 unspecified atom stereocenters. The molecule has 2 heteroatoms. The molecule has 0 aliphatic heterocycles. The van der Waals surface area contributed by atoms with Crippen molar-refractivity contribution in [1.82, 2.24) is 0 Å². The number of rotatable bonds is 0. The van der Waals surface area contributed by atoms with E-state index in [1.807, 2.05) is 12.1 Å². The van der Waals surface area contributed by atoms with Gasteiger partial charge in [0.15, 0.2) is 11.2 Å². The quantitative estimate of drug-likeness (QED) is 0.289. The van der Waals surface area contributed by atoms with Gasteiger partial charge < -0.3 is 9.52 Å². The number of aromatic hydroxyl groups is 1. The number of phenolic OH excluding ortho intramolecular Hbond substituents is 1. The minimum atomic E-state index is 0.301. The zero-order valence-electron chi connectivity index (χ0n) is 11.6. The molecule has 102 valence electrons. The lowest BCUT2D eigenvalue weighted by molar-refractivity contribution is 0.476. The van der Waals surface area contributed by atoms with Crippen molar-refractivity contribution in [2.75, 3.05) is 0 Å².